The molecule has 2 unspecified atom stereocenters. The molecular formula is C10H22N2O2S. The maximum Gasteiger partial charge on any atom is 0.236 e. The van der Waals surface area contributed by atoms with E-state index >= 15 is 0 Å². The zero-order valence-electron chi connectivity index (χ0n) is 9.62. The van der Waals surface area contributed by atoms with E-state index in [1.807, 2.05) is 6.92 Å². The Kier molecular flexibility index (Phi) is 8.61. The average Bonchev–Trinajstić information content (AvgIpc) is 2.25. The van der Waals surface area contributed by atoms with Gasteiger partial charge in [-0.05, 0) is 6.42 Å². The van der Waals surface area contributed by atoms with Crippen LogP contribution in [0.25, 0.3) is 0 Å². The van der Waals surface area contributed by atoms with E-state index in [2.05, 4.69) is 12.2 Å². The molecule has 0 heterocycles. The van der Waals surface area contributed by atoms with Gasteiger partial charge in [0.1, 0.15) is 0 Å². The first kappa shape index (κ1) is 14.6. The van der Waals surface area contributed by atoms with Gasteiger partial charge in [0.2, 0.25) is 5.91 Å². The molecule has 0 saturated heterocycles. The highest BCUT2D eigenvalue weighted by atomic mass is 32.2. The highest BCUT2D eigenvalue weighted by molar-refractivity contribution is 7.84. The molecule has 90 valence electrons. The molecule has 0 aromatic rings. The van der Waals surface area contributed by atoms with Gasteiger partial charge in [0.05, 0.1) is 6.04 Å². The van der Waals surface area contributed by atoms with Crippen molar-refractivity contribution in [3.8, 4) is 0 Å². The minimum absolute atomic E-state index is 0.128. The lowest BCUT2D eigenvalue weighted by molar-refractivity contribution is -0.122. The first-order valence-electron chi connectivity index (χ1n) is 5.50. The van der Waals surface area contributed by atoms with Crippen LogP contribution in [0.15, 0.2) is 0 Å². The van der Waals surface area contributed by atoms with Gasteiger partial charge in [-0.15, -0.1) is 0 Å². The molecule has 0 aliphatic carbocycles. The third-order valence-corrected chi connectivity index (χ3v) is 3.46. The summed E-state index contributed by atoms with van der Waals surface area (Å²) in [5, 5.41) is 2.70. The van der Waals surface area contributed by atoms with Crippen LogP contribution in [0.5, 0.6) is 0 Å². The number of carbonyl (C=O) groups excluding carboxylic acids is 1. The lowest BCUT2D eigenvalue weighted by Gasteiger charge is -2.11. The van der Waals surface area contributed by atoms with Crippen molar-refractivity contribution in [3.05, 3.63) is 0 Å². The molecule has 0 bridgehead atoms. The third kappa shape index (κ3) is 7.50. The second-order valence-corrected chi connectivity index (χ2v) is 5.34. The van der Waals surface area contributed by atoms with E-state index in [1.54, 1.807) is 0 Å². The van der Waals surface area contributed by atoms with E-state index in [1.165, 1.54) is 0 Å². The quantitative estimate of drug-likeness (QED) is 0.638. The molecular weight excluding hydrogens is 212 g/mol. The van der Waals surface area contributed by atoms with E-state index in [0.717, 1.165) is 19.3 Å². The van der Waals surface area contributed by atoms with E-state index in [0.29, 0.717) is 18.1 Å². The number of hydrogen-bond donors (Lipinski definition) is 2. The molecule has 4 nitrogen and oxygen atoms in total. The number of unbranched alkanes of at least 4 members (excludes halogenated alkanes) is 1. The predicted molar refractivity (Wildman–Crippen MR) is 64.1 cm³/mol. The maximum absolute atomic E-state index is 11.4. The van der Waals surface area contributed by atoms with Crippen LogP contribution in [-0.4, -0.2) is 34.2 Å². The molecule has 0 aliphatic rings. The van der Waals surface area contributed by atoms with Gasteiger partial charge in [0.25, 0.3) is 0 Å². The van der Waals surface area contributed by atoms with Gasteiger partial charge in [-0.2, -0.15) is 0 Å². The van der Waals surface area contributed by atoms with Crippen molar-refractivity contribution in [2.75, 3.05) is 18.1 Å². The summed E-state index contributed by atoms with van der Waals surface area (Å²) in [6.45, 7) is 4.39. The average molecular weight is 234 g/mol. The minimum Gasteiger partial charge on any atom is -0.354 e. The Morgan fingerprint density at radius 1 is 1.47 bits per heavy atom. The lowest BCUT2D eigenvalue weighted by Crippen LogP contribution is -2.41. The zero-order chi connectivity index (χ0) is 11.7. The fourth-order valence-electron chi connectivity index (χ4n) is 1.12. The molecule has 0 rings (SSSR count). The number of rotatable bonds is 8. The standard InChI is InChI=1S/C10H22N2O2S/c1-3-5-6-9(11)10(13)12-7-8-15(14)4-2/h9H,3-8,11H2,1-2H3,(H,12,13). The largest absolute Gasteiger partial charge is 0.354 e. The predicted octanol–water partition coefficient (Wildman–Crippen LogP) is 0.389. The van der Waals surface area contributed by atoms with Crippen molar-refractivity contribution in [1.29, 1.82) is 0 Å². The van der Waals surface area contributed by atoms with E-state index < -0.39 is 16.8 Å². The van der Waals surface area contributed by atoms with Crippen LogP contribution >= 0.6 is 0 Å². The van der Waals surface area contributed by atoms with Gasteiger partial charge in [-0.1, -0.05) is 26.7 Å². The second-order valence-electron chi connectivity index (χ2n) is 3.47. The molecule has 5 heteroatoms. The van der Waals surface area contributed by atoms with Gasteiger partial charge < -0.3 is 11.1 Å². The summed E-state index contributed by atoms with van der Waals surface area (Å²) in [5.74, 6) is 1.03. The monoisotopic (exact) mass is 234 g/mol. The Balaban J connectivity index is 3.59. The summed E-state index contributed by atoms with van der Waals surface area (Å²) in [6, 6.07) is -0.417. The van der Waals surface area contributed by atoms with Crippen LogP contribution in [-0.2, 0) is 15.6 Å². The Morgan fingerprint density at radius 2 is 2.13 bits per heavy atom. The first-order valence-corrected chi connectivity index (χ1v) is 6.98. The van der Waals surface area contributed by atoms with E-state index in [9.17, 15) is 9.00 Å². The van der Waals surface area contributed by atoms with Crippen molar-refractivity contribution in [1.82, 2.24) is 5.32 Å². The van der Waals surface area contributed by atoms with Crippen LogP contribution < -0.4 is 11.1 Å². The Morgan fingerprint density at radius 3 is 2.67 bits per heavy atom. The van der Waals surface area contributed by atoms with Crippen LogP contribution in [0.4, 0.5) is 0 Å². The summed E-state index contributed by atoms with van der Waals surface area (Å²) >= 11 is 0. The van der Waals surface area contributed by atoms with Crippen molar-refractivity contribution < 1.29 is 9.00 Å². The Hall–Kier alpha value is -0.420. The fourth-order valence-corrected chi connectivity index (χ4v) is 1.74. The van der Waals surface area contributed by atoms with Crippen LogP contribution in [0.1, 0.15) is 33.1 Å². The molecule has 2 atom stereocenters. The van der Waals surface area contributed by atoms with Crippen molar-refractivity contribution in [2.24, 2.45) is 5.73 Å². The molecule has 0 aromatic heterocycles. The molecule has 0 spiro atoms. The summed E-state index contributed by atoms with van der Waals surface area (Å²) < 4.78 is 11.1. The second kappa shape index (κ2) is 8.85. The van der Waals surface area contributed by atoms with E-state index in [-0.39, 0.29) is 5.91 Å². The maximum atomic E-state index is 11.4. The molecule has 0 saturated carbocycles. The third-order valence-electron chi connectivity index (χ3n) is 2.16. The lowest BCUT2D eigenvalue weighted by atomic mass is 10.1. The summed E-state index contributed by atoms with van der Waals surface area (Å²) in [5.41, 5.74) is 5.66. The number of carbonyl (C=O) groups is 1. The highest BCUT2D eigenvalue weighted by Gasteiger charge is 2.11. The zero-order valence-corrected chi connectivity index (χ0v) is 10.4. The minimum atomic E-state index is -0.818. The number of nitrogens with one attached hydrogen (secondary N) is 1. The molecule has 0 fully saturated rings. The number of hydrogen-bond acceptors (Lipinski definition) is 3. The Bertz CT molecular complexity index is 210. The van der Waals surface area contributed by atoms with Gasteiger partial charge in [0, 0.05) is 28.9 Å². The molecule has 0 radical (unpaired) electrons. The van der Waals surface area contributed by atoms with Gasteiger partial charge >= 0.3 is 0 Å². The molecule has 0 aliphatic heterocycles. The van der Waals surface area contributed by atoms with Gasteiger partial charge in [0.15, 0.2) is 0 Å². The van der Waals surface area contributed by atoms with Crippen molar-refractivity contribution in [3.63, 3.8) is 0 Å². The summed E-state index contributed by atoms with van der Waals surface area (Å²) in [7, 11) is -0.818. The molecule has 0 aromatic carbocycles. The van der Waals surface area contributed by atoms with Crippen LogP contribution in [0.3, 0.4) is 0 Å². The topological polar surface area (TPSA) is 72.2 Å². The normalized spacial score (nSPS) is 14.6. The number of amides is 1. The molecule has 15 heavy (non-hydrogen) atoms. The molecule has 3 N–H and O–H groups in total. The summed E-state index contributed by atoms with van der Waals surface area (Å²) in [4.78, 5) is 11.4. The number of nitrogens with two attached hydrogens (primary N) is 1. The Labute approximate surface area is 94.4 Å². The van der Waals surface area contributed by atoms with Gasteiger partial charge in [-0.3, -0.25) is 9.00 Å². The summed E-state index contributed by atoms with van der Waals surface area (Å²) in [6.07, 6.45) is 2.73. The van der Waals surface area contributed by atoms with Crippen LogP contribution in [0, 0.1) is 0 Å². The van der Waals surface area contributed by atoms with Crippen molar-refractivity contribution in [2.45, 2.75) is 39.2 Å². The van der Waals surface area contributed by atoms with Gasteiger partial charge in [-0.25, -0.2) is 0 Å². The van der Waals surface area contributed by atoms with Crippen LogP contribution in [0.2, 0.25) is 0 Å². The van der Waals surface area contributed by atoms with E-state index in [4.69, 9.17) is 5.73 Å². The van der Waals surface area contributed by atoms with Crippen molar-refractivity contribution >= 4 is 16.7 Å². The fraction of sp³-hybridized carbons (Fsp3) is 0.900. The molecule has 1 amide bonds. The first-order chi connectivity index (χ1) is 7.11. The highest BCUT2D eigenvalue weighted by Crippen LogP contribution is 1.97. The smallest absolute Gasteiger partial charge is 0.236 e. The SMILES string of the molecule is CCCCC(N)C(=O)NCCS(=O)CC.